The van der Waals surface area contributed by atoms with E-state index in [0.717, 1.165) is 12.1 Å². The second-order valence-electron chi connectivity index (χ2n) is 3.34. The van der Waals surface area contributed by atoms with Crippen LogP contribution in [0.2, 0.25) is 0 Å². The molecule has 0 saturated heterocycles. The molecule has 1 aliphatic rings. The minimum atomic E-state index is 0.362. The Kier molecular flexibility index (Phi) is 4.67. The van der Waals surface area contributed by atoms with Gasteiger partial charge >= 0.3 is 0 Å². The van der Waals surface area contributed by atoms with Gasteiger partial charge in [-0.05, 0) is 11.6 Å². The van der Waals surface area contributed by atoms with Gasteiger partial charge in [0.25, 0.3) is 0 Å². The fourth-order valence-corrected chi connectivity index (χ4v) is 1.17. The summed E-state index contributed by atoms with van der Waals surface area (Å²) in [5, 5.41) is 24.3. The smallest absolute Gasteiger partial charge is 0.200 e. The van der Waals surface area contributed by atoms with E-state index < -0.39 is 0 Å². The summed E-state index contributed by atoms with van der Waals surface area (Å²) in [6, 6.07) is 0. The Hall–Kier alpha value is -1.74. The third kappa shape index (κ3) is 4.33. The normalized spacial score (nSPS) is 14.2. The molecule has 92 valence electrons. The van der Waals surface area contributed by atoms with Crippen LogP contribution in [0.4, 0.5) is 0 Å². The minimum Gasteiger partial charge on any atom is -0.375 e. The van der Waals surface area contributed by atoms with Crippen LogP contribution >= 0.6 is 0 Å². The van der Waals surface area contributed by atoms with E-state index in [1.54, 1.807) is 0 Å². The maximum Gasteiger partial charge on any atom is 0.200 e. The molecule has 1 aromatic rings. The molecule has 0 fully saturated rings. The molecule has 1 aromatic heterocycles. The number of nitrogens with one attached hydrogen (secondary N) is 1. The molecule has 0 amide bonds. The Morgan fingerprint density at radius 2 is 2.06 bits per heavy atom. The Bertz CT molecular complexity index is 375. The van der Waals surface area contributed by atoms with Crippen LogP contribution in [0, 0.1) is 0 Å². The minimum absolute atomic E-state index is 0.362. The van der Waals surface area contributed by atoms with E-state index >= 15 is 0 Å². The van der Waals surface area contributed by atoms with Crippen LogP contribution in [-0.2, 0) is 16.1 Å². The molecule has 9 nitrogen and oxygen atoms in total. The number of nitrogens with zero attached hydrogens (tertiary/aromatic N) is 6. The van der Waals surface area contributed by atoms with Crippen LogP contribution in [0.5, 0.6) is 0 Å². The quantitative estimate of drug-likeness (QED) is 0.639. The van der Waals surface area contributed by atoms with E-state index in [4.69, 9.17) is 9.47 Å². The van der Waals surface area contributed by atoms with Crippen molar-refractivity contribution in [3.63, 3.8) is 0 Å². The summed E-state index contributed by atoms with van der Waals surface area (Å²) in [5.41, 5.74) is 0.859. The van der Waals surface area contributed by atoms with Crippen LogP contribution in [0.15, 0.2) is 15.4 Å². The third-order valence-electron chi connectivity index (χ3n) is 1.97. The fraction of sp³-hybridized carbons (Fsp3) is 0.750. The highest BCUT2D eigenvalue weighted by molar-refractivity contribution is 5.88. The zero-order chi connectivity index (χ0) is 11.8. The highest BCUT2D eigenvalue weighted by Crippen LogP contribution is 1.96. The maximum atomic E-state index is 5.37. The van der Waals surface area contributed by atoms with Crippen LogP contribution in [-0.4, -0.2) is 52.7 Å². The fourth-order valence-electron chi connectivity index (χ4n) is 1.17. The first-order valence-electron chi connectivity index (χ1n) is 5.25. The maximum absolute atomic E-state index is 5.37. The molecule has 0 saturated carbocycles. The number of aromatic nitrogens is 4. The standard InChI is InChI=1S/C8H13N7O2/c1(2-16-5-7-4-9-13-10-7)3-17-6-8-11-14-15-12-8/h1-6H2,(H,11,12,14,15). The van der Waals surface area contributed by atoms with Gasteiger partial charge in [0.1, 0.15) is 13.2 Å². The number of aromatic amines is 1. The summed E-state index contributed by atoms with van der Waals surface area (Å²) in [6.07, 6.45) is 0.805. The molecule has 0 spiro atoms. The number of H-pyrrole nitrogens is 1. The first-order chi connectivity index (χ1) is 8.45. The average molecular weight is 239 g/mol. The molecule has 2 heterocycles. The predicted octanol–water partition coefficient (Wildman–Crippen LogP) is -0.0552. The van der Waals surface area contributed by atoms with Crippen LogP contribution in [0.25, 0.3) is 0 Å². The van der Waals surface area contributed by atoms with E-state index in [1.165, 1.54) is 0 Å². The average Bonchev–Trinajstić information content (AvgIpc) is 3.00. The second kappa shape index (κ2) is 6.76. The van der Waals surface area contributed by atoms with Gasteiger partial charge in [-0.2, -0.15) is 10.3 Å². The number of rotatable bonds is 8. The van der Waals surface area contributed by atoms with Crippen LogP contribution in [0.3, 0.4) is 0 Å². The van der Waals surface area contributed by atoms with Gasteiger partial charge in [-0.3, -0.25) is 0 Å². The van der Waals surface area contributed by atoms with Crippen LogP contribution < -0.4 is 0 Å². The molecular weight excluding hydrogens is 226 g/mol. The molecule has 1 aliphatic heterocycles. The van der Waals surface area contributed by atoms with Crippen molar-refractivity contribution in [1.29, 1.82) is 0 Å². The molecule has 17 heavy (non-hydrogen) atoms. The van der Waals surface area contributed by atoms with E-state index in [9.17, 15) is 0 Å². The Labute approximate surface area is 97.3 Å². The lowest BCUT2D eigenvalue weighted by atomic mass is 10.4. The SMILES string of the molecule is C(COCC1=NN=NC1)COCc1nn[nH]n1. The lowest BCUT2D eigenvalue weighted by Crippen LogP contribution is -2.11. The highest BCUT2D eigenvalue weighted by atomic mass is 16.5. The van der Waals surface area contributed by atoms with Gasteiger partial charge in [0.2, 0.25) is 0 Å². The van der Waals surface area contributed by atoms with Gasteiger partial charge in [-0.25, -0.2) is 0 Å². The Morgan fingerprint density at radius 3 is 2.76 bits per heavy atom. The molecule has 0 aliphatic carbocycles. The van der Waals surface area contributed by atoms with Gasteiger partial charge in [0.15, 0.2) is 5.82 Å². The zero-order valence-corrected chi connectivity index (χ0v) is 9.24. The largest absolute Gasteiger partial charge is 0.375 e. The van der Waals surface area contributed by atoms with Crippen molar-refractivity contribution in [2.24, 2.45) is 15.4 Å². The van der Waals surface area contributed by atoms with E-state index in [-0.39, 0.29) is 0 Å². The predicted molar refractivity (Wildman–Crippen MR) is 56.4 cm³/mol. The Balaban J connectivity index is 1.41. The van der Waals surface area contributed by atoms with E-state index in [1.807, 2.05) is 0 Å². The summed E-state index contributed by atoms with van der Waals surface area (Å²) < 4.78 is 10.7. The lowest BCUT2D eigenvalue weighted by molar-refractivity contribution is 0.0836. The van der Waals surface area contributed by atoms with Crippen molar-refractivity contribution in [3.05, 3.63) is 5.82 Å². The zero-order valence-electron chi connectivity index (χ0n) is 9.24. The van der Waals surface area contributed by atoms with Crippen molar-refractivity contribution in [2.75, 3.05) is 26.4 Å². The van der Waals surface area contributed by atoms with Gasteiger partial charge in [-0.1, -0.05) is 5.21 Å². The summed E-state index contributed by atoms with van der Waals surface area (Å²) in [7, 11) is 0. The number of hydrogen-bond acceptors (Lipinski definition) is 8. The molecule has 0 aromatic carbocycles. The number of ether oxygens (including phenoxy) is 2. The van der Waals surface area contributed by atoms with Crippen molar-refractivity contribution >= 4 is 5.71 Å². The van der Waals surface area contributed by atoms with Crippen molar-refractivity contribution < 1.29 is 9.47 Å². The molecular formula is C8H13N7O2. The van der Waals surface area contributed by atoms with Gasteiger partial charge < -0.3 is 9.47 Å². The summed E-state index contributed by atoms with van der Waals surface area (Å²) in [5.74, 6) is 0.550. The van der Waals surface area contributed by atoms with Crippen molar-refractivity contribution in [1.82, 2.24) is 20.6 Å². The third-order valence-corrected chi connectivity index (χ3v) is 1.97. The molecule has 0 unspecified atom stereocenters. The topological polar surface area (TPSA) is 110 Å². The van der Waals surface area contributed by atoms with Gasteiger partial charge in [-0.15, -0.1) is 15.3 Å². The molecule has 0 atom stereocenters. The molecule has 0 radical (unpaired) electrons. The van der Waals surface area contributed by atoms with E-state index in [2.05, 4.69) is 36.1 Å². The number of hydrogen-bond donors (Lipinski definition) is 1. The van der Waals surface area contributed by atoms with E-state index in [0.29, 0.717) is 38.8 Å². The molecule has 9 heteroatoms. The first kappa shape index (κ1) is 11.7. The highest BCUT2D eigenvalue weighted by Gasteiger charge is 2.03. The lowest BCUT2D eigenvalue weighted by Gasteiger charge is -2.03. The Morgan fingerprint density at radius 1 is 1.18 bits per heavy atom. The summed E-state index contributed by atoms with van der Waals surface area (Å²) in [6.45, 7) is 2.61. The van der Waals surface area contributed by atoms with Crippen LogP contribution in [0.1, 0.15) is 12.2 Å². The van der Waals surface area contributed by atoms with Gasteiger partial charge in [0.05, 0.1) is 12.3 Å². The molecule has 2 rings (SSSR count). The van der Waals surface area contributed by atoms with Gasteiger partial charge in [0, 0.05) is 13.2 Å². The first-order valence-corrected chi connectivity index (χ1v) is 5.25. The second-order valence-corrected chi connectivity index (χ2v) is 3.34. The van der Waals surface area contributed by atoms with Crippen molar-refractivity contribution in [2.45, 2.75) is 13.0 Å². The summed E-state index contributed by atoms with van der Waals surface area (Å²) >= 11 is 0. The summed E-state index contributed by atoms with van der Waals surface area (Å²) in [4.78, 5) is 0. The molecule has 1 N–H and O–H groups in total. The number of tetrazole rings is 1. The molecule has 0 bridgehead atoms. The van der Waals surface area contributed by atoms with Crippen molar-refractivity contribution in [3.8, 4) is 0 Å². The monoisotopic (exact) mass is 239 g/mol.